The van der Waals surface area contributed by atoms with Crippen LogP contribution in [0.25, 0.3) is 0 Å². The Morgan fingerprint density at radius 2 is 2.07 bits per heavy atom. The van der Waals surface area contributed by atoms with Gasteiger partial charge in [0.1, 0.15) is 12.0 Å². The maximum Gasteiger partial charge on any atom is 0.150 e. The second-order valence-electron chi connectivity index (χ2n) is 3.37. The van der Waals surface area contributed by atoms with Crippen molar-refractivity contribution >= 4 is 34.6 Å². The van der Waals surface area contributed by atoms with E-state index in [2.05, 4.69) is 15.9 Å². The first-order valence-corrected chi connectivity index (χ1v) is 4.95. The summed E-state index contributed by atoms with van der Waals surface area (Å²) in [6.07, 6.45) is 0.767. The van der Waals surface area contributed by atoms with Gasteiger partial charge in [-0.05, 0) is 42.2 Å². The van der Waals surface area contributed by atoms with Gasteiger partial charge >= 0.3 is 0 Å². The number of aromatic hydroxyl groups is 1. The Morgan fingerprint density at radius 1 is 1.47 bits per heavy atom. The number of halogens is 2. The second-order valence-corrected chi connectivity index (χ2v) is 4.22. The van der Waals surface area contributed by atoms with E-state index >= 15 is 0 Å². The molecule has 0 aliphatic heterocycles. The first kappa shape index (κ1) is 14.4. The molecule has 0 spiro atoms. The largest absolute Gasteiger partial charge is 0.506 e. The number of rotatable bonds is 3. The van der Waals surface area contributed by atoms with Gasteiger partial charge in [-0.3, -0.25) is 4.79 Å². The molecule has 1 aromatic carbocycles. The average Bonchev–Trinajstić information content (AvgIpc) is 2.11. The zero-order valence-electron chi connectivity index (χ0n) is 8.53. The summed E-state index contributed by atoms with van der Waals surface area (Å²) in [5.74, 6) is 0.198. The van der Waals surface area contributed by atoms with Crippen molar-refractivity contribution in [3.8, 4) is 5.75 Å². The molecule has 1 rings (SSSR count). The summed E-state index contributed by atoms with van der Waals surface area (Å²) < 4.78 is 0.555. The molecule has 0 aliphatic rings. The van der Waals surface area contributed by atoms with Crippen LogP contribution in [0.15, 0.2) is 16.6 Å². The molecule has 15 heavy (non-hydrogen) atoms. The molecule has 1 N–H and O–H groups in total. The van der Waals surface area contributed by atoms with Crippen LogP contribution in [0.5, 0.6) is 5.75 Å². The van der Waals surface area contributed by atoms with Gasteiger partial charge in [0, 0.05) is 17.7 Å². The second kappa shape index (κ2) is 6.10. The maximum atomic E-state index is 10.6. The molecule has 0 saturated heterocycles. The van der Waals surface area contributed by atoms with E-state index in [1.54, 1.807) is 12.1 Å². The third-order valence-electron chi connectivity index (χ3n) is 1.79. The molecule has 3 nitrogen and oxygen atoms in total. The molecule has 5 heteroatoms. The third kappa shape index (κ3) is 3.81. The van der Waals surface area contributed by atoms with Gasteiger partial charge < -0.3 is 10.0 Å². The van der Waals surface area contributed by atoms with E-state index in [-0.39, 0.29) is 18.2 Å². The average molecular weight is 295 g/mol. The predicted molar refractivity (Wildman–Crippen MR) is 65.8 cm³/mol. The number of benzene rings is 1. The van der Waals surface area contributed by atoms with Crippen molar-refractivity contribution in [2.75, 3.05) is 14.1 Å². The molecule has 0 saturated carbocycles. The summed E-state index contributed by atoms with van der Waals surface area (Å²) >= 11 is 3.20. The summed E-state index contributed by atoms with van der Waals surface area (Å²) in [5.41, 5.74) is 1.30. The standard InChI is InChI=1S/C10H12BrNO2.ClH/c1-12(2)5-8-3-7(6-13)4-9(11)10(8)14;/h3-4,6,14H,5H2,1-2H3;1H. The lowest BCUT2D eigenvalue weighted by Gasteiger charge is -2.12. The summed E-state index contributed by atoms with van der Waals surface area (Å²) in [4.78, 5) is 12.5. The van der Waals surface area contributed by atoms with Gasteiger partial charge in [0.25, 0.3) is 0 Å². The first-order chi connectivity index (χ1) is 6.54. The molecule has 0 unspecified atom stereocenters. The van der Waals surface area contributed by atoms with Crippen LogP contribution in [-0.2, 0) is 6.54 Å². The molecule has 0 aliphatic carbocycles. The minimum atomic E-state index is 0. The van der Waals surface area contributed by atoms with Crippen LogP contribution in [0.2, 0.25) is 0 Å². The molecule has 0 aromatic heterocycles. The molecule has 0 radical (unpaired) electrons. The van der Waals surface area contributed by atoms with Crippen LogP contribution in [0.3, 0.4) is 0 Å². The molecule has 0 heterocycles. The van der Waals surface area contributed by atoms with E-state index < -0.39 is 0 Å². The van der Waals surface area contributed by atoms with Crippen molar-refractivity contribution in [2.24, 2.45) is 0 Å². The van der Waals surface area contributed by atoms with Crippen LogP contribution in [-0.4, -0.2) is 30.4 Å². The van der Waals surface area contributed by atoms with Gasteiger partial charge in [-0.15, -0.1) is 12.4 Å². The quantitative estimate of drug-likeness (QED) is 0.871. The third-order valence-corrected chi connectivity index (χ3v) is 2.39. The fourth-order valence-electron chi connectivity index (χ4n) is 1.21. The van der Waals surface area contributed by atoms with Crippen LogP contribution < -0.4 is 0 Å². The van der Waals surface area contributed by atoms with Gasteiger partial charge in [0.15, 0.2) is 0 Å². The molecule has 84 valence electrons. The van der Waals surface area contributed by atoms with Crippen LogP contribution in [0.1, 0.15) is 15.9 Å². The first-order valence-electron chi connectivity index (χ1n) is 4.16. The van der Waals surface area contributed by atoms with Gasteiger partial charge in [-0.25, -0.2) is 0 Å². The predicted octanol–water partition coefficient (Wildman–Crippen LogP) is 2.45. The monoisotopic (exact) mass is 293 g/mol. The Bertz CT molecular complexity index is 356. The van der Waals surface area contributed by atoms with Crippen LogP contribution >= 0.6 is 28.3 Å². The zero-order chi connectivity index (χ0) is 10.7. The normalized spacial score (nSPS) is 9.87. The minimum Gasteiger partial charge on any atom is -0.506 e. The van der Waals surface area contributed by atoms with Crippen molar-refractivity contribution in [2.45, 2.75) is 6.54 Å². The van der Waals surface area contributed by atoms with E-state index in [9.17, 15) is 9.90 Å². The van der Waals surface area contributed by atoms with Crippen molar-refractivity contribution in [3.63, 3.8) is 0 Å². The summed E-state index contributed by atoms with van der Waals surface area (Å²) in [5, 5.41) is 9.68. The Balaban J connectivity index is 0.00000196. The van der Waals surface area contributed by atoms with Crippen LogP contribution in [0.4, 0.5) is 0 Å². The van der Waals surface area contributed by atoms with Gasteiger partial charge in [-0.2, -0.15) is 0 Å². The van der Waals surface area contributed by atoms with Crippen molar-refractivity contribution in [1.29, 1.82) is 0 Å². The number of aldehydes is 1. The highest BCUT2D eigenvalue weighted by Crippen LogP contribution is 2.29. The van der Waals surface area contributed by atoms with E-state index in [0.29, 0.717) is 16.6 Å². The molecule has 0 amide bonds. The molecule has 0 bridgehead atoms. The smallest absolute Gasteiger partial charge is 0.150 e. The Kier molecular flexibility index (Phi) is 5.87. The number of hydrogen-bond donors (Lipinski definition) is 1. The molecular formula is C10H13BrClNO2. The number of nitrogens with zero attached hydrogens (tertiary/aromatic N) is 1. The SMILES string of the molecule is CN(C)Cc1cc(C=O)cc(Br)c1O.Cl. The summed E-state index contributed by atoms with van der Waals surface area (Å²) in [6.45, 7) is 0.603. The highest BCUT2D eigenvalue weighted by atomic mass is 79.9. The molecule has 0 atom stereocenters. The highest BCUT2D eigenvalue weighted by molar-refractivity contribution is 9.10. The summed E-state index contributed by atoms with van der Waals surface area (Å²) in [7, 11) is 3.81. The topological polar surface area (TPSA) is 40.5 Å². The molecule has 1 aromatic rings. The lowest BCUT2D eigenvalue weighted by Crippen LogP contribution is -2.11. The molecular weight excluding hydrogens is 281 g/mol. The lowest BCUT2D eigenvalue weighted by molar-refractivity contribution is 0.112. The number of phenolic OH excluding ortho intramolecular Hbond substituents is 1. The van der Waals surface area contributed by atoms with Gasteiger partial charge in [0.2, 0.25) is 0 Å². The lowest BCUT2D eigenvalue weighted by atomic mass is 10.1. The number of hydrogen-bond acceptors (Lipinski definition) is 3. The highest BCUT2D eigenvalue weighted by Gasteiger charge is 2.08. The van der Waals surface area contributed by atoms with Crippen molar-refractivity contribution < 1.29 is 9.90 Å². The van der Waals surface area contributed by atoms with E-state index in [0.717, 1.165) is 11.8 Å². The minimum absolute atomic E-state index is 0. The molecule has 0 fully saturated rings. The number of phenols is 1. The maximum absolute atomic E-state index is 10.6. The van der Waals surface area contributed by atoms with Gasteiger partial charge in [-0.1, -0.05) is 0 Å². The van der Waals surface area contributed by atoms with Crippen molar-refractivity contribution in [1.82, 2.24) is 4.90 Å². The fourth-order valence-corrected chi connectivity index (χ4v) is 1.73. The van der Waals surface area contributed by atoms with E-state index in [1.807, 2.05) is 19.0 Å². The fraction of sp³-hybridized carbons (Fsp3) is 0.300. The van der Waals surface area contributed by atoms with Gasteiger partial charge in [0.05, 0.1) is 4.47 Å². The Morgan fingerprint density at radius 3 is 2.53 bits per heavy atom. The zero-order valence-corrected chi connectivity index (χ0v) is 10.9. The summed E-state index contributed by atoms with van der Waals surface area (Å²) in [6, 6.07) is 3.29. The van der Waals surface area contributed by atoms with E-state index in [4.69, 9.17) is 0 Å². The Hall–Kier alpha value is -0.580. The number of carbonyl (C=O) groups excluding carboxylic acids is 1. The van der Waals surface area contributed by atoms with Crippen LogP contribution in [0, 0.1) is 0 Å². The number of carbonyl (C=O) groups is 1. The van der Waals surface area contributed by atoms with E-state index in [1.165, 1.54) is 0 Å². The van der Waals surface area contributed by atoms with Crippen molar-refractivity contribution in [3.05, 3.63) is 27.7 Å². The Labute approximate surface area is 104 Å².